The summed E-state index contributed by atoms with van der Waals surface area (Å²) < 4.78 is 137. The molecule has 0 radical (unpaired) electrons. The Labute approximate surface area is 310 Å². The number of alkyl halides is 8. The molecule has 0 spiro atoms. The van der Waals surface area contributed by atoms with Crippen molar-refractivity contribution >= 4 is 25.6 Å². The minimum atomic E-state index is -7.00. The molecule has 0 saturated carbocycles. The molecular weight excluding hydrogens is 734 g/mol. The van der Waals surface area contributed by atoms with Gasteiger partial charge < -0.3 is 0 Å². The Hall–Kier alpha value is -0.760. The van der Waals surface area contributed by atoms with Crippen molar-refractivity contribution < 1.29 is 53.8 Å². The average Bonchev–Trinajstić information content (AvgIpc) is 3.11. The summed E-state index contributed by atoms with van der Waals surface area (Å²) in [5.41, 5.74) is 0. The van der Waals surface area contributed by atoms with Crippen molar-refractivity contribution in [2.75, 3.05) is 49.3 Å². The zero-order valence-corrected chi connectivity index (χ0v) is 35.3. The quantitative estimate of drug-likeness (QED) is 0.0517. The topological polar surface area (TPSA) is 52.6 Å². The van der Waals surface area contributed by atoms with Crippen molar-refractivity contribution in [3.05, 3.63) is 0 Å². The van der Waals surface area contributed by atoms with Crippen LogP contribution in [0.4, 0.5) is 35.1 Å². The molecular formula is C38H72F8O4P2. The van der Waals surface area contributed by atoms with Crippen molar-refractivity contribution in [1.82, 2.24) is 0 Å². The molecule has 0 unspecified atom stereocenters. The van der Waals surface area contributed by atoms with Crippen LogP contribution in [0, 0.1) is 0 Å². The van der Waals surface area contributed by atoms with Gasteiger partial charge in [-0.1, -0.05) is 0 Å². The van der Waals surface area contributed by atoms with Gasteiger partial charge in [-0.3, -0.25) is 0 Å². The number of unbranched alkanes of at least 4 members (excludes halogenated alkanes) is 8. The van der Waals surface area contributed by atoms with Crippen LogP contribution in [0.1, 0.15) is 158 Å². The fraction of sp³-hybridized carbons (Fsp3) is 0.947. The summed E-state index contributed by atoms with van der Waals surface area (Å²) >= 11 is 0. The van der Waals surface area contributed by atoms with Gasteiger partial charge in [-0.2, -0.15) is 0 Å². The number of carbonyl (C=O) groups is 2. The first-order chi connectivity index (χ1) is 24.1. The predicted octanol–water partition coefficient (Wildman–Crippen LogP) is 14.0. The molecule has 314 valence electrons. The van der Waals surface area contributed by atoms with Crippen LogP contribution in [0.2, 0.25) is 0 Å². The van der Waals surface area contributed by atoms with E-state index in [4.69, 9.17) is 9.05 Å². The van der Waals surface area contributed by atoms with Gasteiger partial charge in [0.05, 0.1) is 0 Å². The summed E-state index contributed by atoms with van der Waals surface area (Å²) in [4.78, 5) is 26.7. The maximum atomic E-state index is 15.8. The van der Waals surface area contributed by atoms with Gasteiger partial charge >= 0.3 is 310 Å². The van der Waals surface area contributed by atoms with E-state index in [1.165, 1.54) is 0 Å². The van der Waals surface area contributed by atoms with Crippen molar-refractivity contribution in [3.8, 4) is 0 Å². The third-order valence-electron chi connectivity index (χ3n) is 11.0. The van der Waals surface area contributed by atoms with E-state index in [1.807, 2.05) is 55.4 Å². The molecule has 0 aromatic heterocycles. The van der Waals surface area contributed by atoms with Crippen molar-refractivity contribution in [1.29, 1.82) is 0 Å². The van der Waals surface area contributed by atoms with Crippen LogP contribution < -0.4 is 0 Å². The van der Waals surface area contributed by atoms with Gasteiger partial charge in [-0.05, 0) is 0 Å². The Morgan fingerprint density at radius 3 is 0.654 bits per heavy atom. The van der Waals surface area contributed by atoms with Crippen molar-refractivity contribution in [2.24, 2.45) is 0 Å². The number of rotatable bonds is 31. The van der Waals surface area contributed by atoms with Gasteiger partial charge in [0.15, 0.2) is 0 Å². The van der Waals surface area contributed by atoms with E-state index in [9.17, 15) is 9.59 Å². The van der Waals surface area contributed by atoms with E-state index in [0.717, 1.165) is 0 Å². The van der Waals surface area contributed by atoms with Gasteiger partial charge in [0.1, 0.15) is 0 Å². The first kappa shape index (κ1) is 51.2. The van der Waals surface area contributed by atoms with Crippen LogP contribution in [0.3, 0.4) is 0 Å². The van der Waals surface area contributed by atoms with Crippen LogP contribution in [0.25, 0.3) is 0 Å². The van der Waals surface area contributed by atoms with Gasteiger partial charge in [0, 0.05) is 0 Å². The summed E-state index contributed by atoms with van der Waals surface area (Å²) in [5, 5.41) is 0. The fourth-order valence-corrected chi connectivity index (χ4v) is 20.9. The summed E-state index contributed by atoms with van der Waals surface area (Å²) in [7, 11) is 0. The minimum absolute atomic E-state index is 0.145. The predicted molar refractivity (Wildman–Crippen MR) is 204 cm³/mol. The van der Waals surface area contributed by atoms with Gasteiger partial charge in [0.2, 0.25) is 0 Å². The molecule has 0 atom stereocenters. The molecule has 52 heavy (non-hydrogen) atoms. The molecule has 14 heteroatoms. The zero-order valence-electron chi connectivity index (χ0n) is 33.5. The molecule has 0 heterocycles. The van der Waals surface area contributed by atoms with Crippen molar-refractivity contribution in [2.45, 2.75) is 182 Å². The molecule has 0 aromatic carbocycles. The van der Waals surface area contributed by atoms with E-state index in [0.29, 0.717) is 103 Å². The SMILES string of the molecule is CCCCP(CCCC)(CCCC)(CCCC)OC(=O)C(F)(F)C(F)(F)C(F)(F)C(F)(F)C(=O)OP(CCCC)(CCCC)(CCCC)CCCC. The molecule has 0 aromatic rings. The monoisotopic (exact) mass is 806 g/mol. The van der Waals surface area contributed by atoms with Crippen LogP contribution in [-0.2, 0) is 18.6 Å². The first-order valence-corrected chi connectivity index (χ1v) is 25.9. The molecule has 0 aliphatic carbocycles. The molecule has 0 bridgehead atoms. The van der Waals surface area contributed by atoms with Crippen LogP contribution in [-0.4, -0.2) is 84.9 Å². The summed E-state index contributed by atoms with van der Waals surface area (Å²) in [6.45, 7) is 6.43. The number of hydrogen-bond donors (Lipinski definition) is 0. The average molecular weight is 807 g/mol. The third kappa shape index (κ3) is 11.9. The number of carbonyl (C=O) groups excluding carboxylic acids is 2. The summed E-state index contributed by atoms with van der Waals surface area (Å²) in [6, 6.07) is 0. The van der Waals surface area contributed by atoms with E-state index < -0.39 is 49.3 Å². The maximum absolute atomic E-state index is 15.8. The van der Waals surface area contributed by atoms with E-state index in [1.54, 1.807) is 0 Å². The second-order valence-corrected chi connectivity index (χ2v) is 26.8. The van der Waals surface area contributed by atoms with Crippen LogP contribution in [0.15, 0.2) is 0 Å². The Morgan fingerprint density at radius 2 is 0.519 bits per heavy atom. The molecule has 4 nitrogen and oxygen atoms in total. The van der Waals surface area contributed by atoms with Crippen LogP contribution in [0.5, 0.6) is 0 Å². The van der Waals surface area contributed by atoms with E-state index in [2.05, 4.69) is 0 Å². The van der Waals surface area contributed by atoms with Crippen molar-refractivity contribution in [3.63, 3.8) is 0 Å². The normalized spacial score (nSPS) is 15.1. The molecule has 0 fully saturated rings. The molecule has 0 aliphatic heterocycles. The third-order valence-corrected chi connectivity index (χ3v) is 23.9. The standard InChI is InChI=1S/C38H72F8O4P2/c1-9-17-25-51(26-18-10-2,27-19-11-3,28-20-12-4)49-33(47)35(39,40)37(43,44)38(45,46)36(41,42)34(48)50-52(29-21-13-5,30-22-14-6,31-23-15-7)32-24-16-8/h9-32H2,1-8H3. The Balaban J connectivity index is 7.31. The Morgan fingerprint density at radius 1 is 0.365 bits per heavy atom. The van der Waals surface area contributed by atoms with Gasteiger partial charge in [-0.15, -0.1) is 0 Å². The fourth-order valence-electron chi connectivity index (χ4n) is 7.41. The first-order valence-electron chi connectivity index (χ1n) is 20.1. The second kappa shape index (κ2) is 21.5. The van der Waals surface area contributed by atoms with E-state index in [-0.39, 0.29) is 49.3 Å². The molecule has 0 saturated heterocycles. The molecule has 0 N–H and O–H groups in total. The molecule has 0 aliphatic rings. The molecule has 0 amide bonds. The van der Waals surface area contributed by atoms with Gasteiger partial charge in [0.25, 0.3) is 0 Å². The Bertz CT molecular complexity index is 905. The summed E-state index contributed by atoms with van der Waals surface area (Å²) in [5.74, 6) is -32.6. The molecule has 0 rings (SSSR count). The van der Waals surface area contributed by atoms with Gasteiger partial charge in [-0.25, -0.2) is 0 Å². The van der Waals surface area contributed by atoms with Crippen LogP contribution >= 0.6 is 13.7 Å². The Kier molecular flexibility index (Phi) is 21.2. The zero-order chi connectivity index (χ0) is 40.4. The second-order valence-electron chi connectivity index (χ2n) is 15.4. The summed E-state index contributed by atoms with van der Waals surface area (Å²) in [6.07, 6.45) is 9.05. The number of hydrogen-bond acceptors (Lipinski definition) is 4. The van der Waals surface area contributed by atoms with E-state index >= 15 is 35.1 Å². The number of halogens is 8.